The van der Waals surface area contributed by atoms with E-state index in [1.807, 2.05) is 24.3 Å². The van der Waals surface area contributed by atoms with Crippen LogP contribution < -0.4 is 14.4 Å². The van der Waals surface area contributed by atoms with Crippen LogP contribution in [0.4, 0.5) is 11.4 Å². The quantitative estimate of drug-likeness (QED) is 0.747. The van der Waals surface area contributed by atoms with E-state index in [0.717, 1.165) is 17.5 Å². The van der Waals surface area contributed by atoms with Crippen molar-refractivity contribution < 1.29 is 17.9 Å². The fourth-order valence-electron chi connectivity index (χ4n) is 2.78. The molecule has 2 rings (SSSR count). The van der Waals surface area contributed by atoms with E-state index in [4.69, 9.17) is 4.74 Å². The number of rotatable bonds is 8. The van der Waals surface area contributed by atoms with Gasteiger partial charge in [-0.1, -0.05) is 38.1 Å². The molecule has 27 heavy (non-hydrogen) atoms. The number of carbonyl (C=O) groups is 1. The van der Waals surface area contributed by atoms with Gasteiger partial charge in [-0.25, -0.2) is 8.42 Å². The number of ether oxygens (including phenoxy) is 1. The zero-order chi connectivity index (χ0) is 20.0. The van der Waals surface area contributed by atoms with Crippen LogP contribution in [-0.4, -0.2) is 34.2 Å². The zero-order valence-electron chi connectivity index (χ0n) is 16.1. The number of hydrogen-bond acceptors (Lipinski definition) is 4. The number of sulfonamides is 1. The molecule has 6 nitrogen and oxygen atoms in total. The molecule has 0 unspecified atom stereocenters. The monoisotopic (exact) mass is 390 g/mol. The predicted octanol–water partition coefficient (Wildman–Crippen LogP) is 3.61. The Balaban J connectivity index is 2.12. The van der Waals surface area contributed by atoms with E-state index in [1.54, 1.807) is 24.3 Å². The number of carbonyl (C=O) groups excluding carboxylic acids is 1. The molecule has 0 saturated heterocycles. The maximum Gasteiger partial charge on any atom is 0.232 e. The van der Waals surface area contributed by atoms with Crippen molar-refractivity contribution in [3.63, 3.8) is 0 Å². The zero-order valence-corrected chi connectivity index (χ0v) is 16.9. The smallest absolute Gasteiger partial charge is 0.232 e. The van der Waals surface area contributed by atoms with Gasteiger partial charge in [0.1, 0.15) is 5.75 Å². The third-order valence-electron chi connectivity index (χ3n) is 4.14. The highest BCUT2D eigenvalue weighted by molar-refractivity contribution is 7.92. The lowest BCUT2D eigenvalue weighted by molar-refractivity contribution is -0.116. The molecule has 7 heteroatoms. The second kappa shape index (κ2) is 8.90. The van der Waals surface area contributed by atoms with E-state index < -0.39 is 10.0 Å². The Kier molecular flexibility index (Phi) is 6.85. The number of amides is 1. The molecule has 1 N–H and O–H groups in total. The average Bonchev–Trinajstić information content (AvgIpc) is 2.61. The largest absolute Gasteiger partial charge is 0.497 e. The first kappa shape index (κ1) is 20.8. The van der Waals surface area contributed by atoms with Crippen molar-refractivity contribution in [1.82, 2.24) is 0 Å². The number of hydrogen-bond donors (Lipinski definition) is 1. The Bertz CT molecular complexity index is 894. The Hall–Kier alpha value is -2.54. The number of para-hydroxylation sites is 1. The van der Waals surface area contributed by atoms with E-state index in [0.29, 0.717) is 11.4 Å². The van der Waals surface area contributed by atoms with Gasteiger partial charge in [-0.2, -0.15) is 0 Å². The van der Waals surface area contributed by atoms with Gasteiger partial charge in [0.15, 0.2) is 0 Å². The summed E-state index contributed by atoms with van der Waals surface area (Å²) in [5.41, 5.74) is 2.26. The third-order valence-corrected chi connectivity index (χ3v) is 5.33. The highest BCUT2D eigenvalue weighted by Gasteiger charge is 2.19. The molecule has 0 aliphatic carbocycles. The van der Waals surface area contributed by atoms with Crippen LogP contribution in [0.25, 0.3) is 0 Å². The Morgan fingerprint density at radius 3 is 2.48 bits per heavy atom. The molecular weight excluding hydrogens is 364 g/mol. The first-order valence-electron chi connectivity index (χ1n) is 8.73. The summed E-state index contributed by atoms with van der Waals surface area (Å²) < 4.78 is 30.8. The second-order valence-corrected chi connectivity index (χ2v) is 8.48. The first-order valence-corrected chi connectivity index (χ1v) is 10.6. The van der Waals surface area contributed by atoms with Crippen LogP contribution in [0, 0.1) is 0 Å². The summed E-state index contributed by atoms with van der Waals surface area (Å²) in [6.45, 7) is 4.15. The number of methoxy groups -OCH3 is 1. The summed E-state index contributed by atoms with van der Waals surface area (Å²) >= 11 is 0. The molecular formula is C20H26N2O4S. The minimum atomic E-state index is -3.54. The Morgan fingerprint density at radius 2 is 1.85 bits per heavy atom. The standard InChI is InChI=1S/C20H26N2O4S/c1-15(2)18-10-5-6-11-19(18)21-20(23)12-13-22(27(4,24)25)16-8-7-9-17(14-16)26-3/h5-11,14-15H,12-13H2,1-4H3,(H,21,23). The number of nitrogens with zero attached hydrogens (tertiary/aromatic N) is 1. The minimum absolute atomic E-state index is 0.0384. The van der Waals surface area contributed by atoms with Crippen molar-refractivity contribution in [3.05, 3.63) is 54.1 Å². The fourth-order valence-corrected chi connectivity index (χ4v) is 3.70. The van der Waals surface area contributed by atoms with Gasteiger partial charge in [-0.15, -0.1) is 0 Å². The van der Waals surface area contributed by atoms with Gasteiger partial charge in [0.25, 0.3) is 0 Å². The third kappa shape index (κ3) is 5.72. The summed E-state index contributed by atoms with van der Waals surface area (Å²) in [5.74, 6) is 0.585. The molecule has 0 spiro atoms. The molecule has 0 atom stereocenters. The number of benzene rings is 2. The summed E-state index contributed by atoms with van der Waals surface area (Å²) in [7, 11) is -2.02. The molecule has 0 aromatic heterocycles. The minimum Gasteiger partial charge on any atom is -0.497 e. The highest BCUT2D eigenvalue weighted by Crippen LogP contribution is 2.25. The molecule has 146 valence electrons. The van der Waals surface area contributed by atoms with Crippen molar-refractivity contribution in [2.45, 2.75) is 26.2 Å². The molecule has 2 aromatic carbocycles. The van der Waals surface area contributed by atoms with Crippen molar-refractivity contribution in [2.75, 3.05) is 29.5 Å². The van der Waals surface area contributed by atoms with Gasteiger partial charge in [0.05, 0.1) is 19.1 Å². The van der Waals surface area contributed by atoms with E-state index in [1.165, 1.54) is 11.4 Å². The fraction of sp³-hybridized carbons (Fsp3) is 0.350. The van der Waals surface area contributed by atoms with Crippen LogP contribution in [0.15, 0.2) is 48.5 Å². The summed E-state index contributed by atoms with van der Waals surface area (Å²) in [6, 6.07) is 14.4. The van der Waals surface area contributed by atoms with Gasteiger partial charge >= 0.3 is 0 Å². The van der Waals surface area contributed by atoms with E-state index >= 15 is 0 Å². The van der Waals surface area contributed by atoms with Crippen LogP contribution in [0.2, 0.25) is 0 Å². The van der Waals surface area contributed by atoms with Gasteiger partial charge in [-0.3, -0.25) is 9.10 Å². The van der Waals surface area contributed by atoms with Crippen molar-refractivity contribution in [3.8, 4) is 5.75 Å². The molecule has 0 radical (unpaired) electrons. The SMILES string of the molecule is COc1cccc(N(CCC(=O)Nc2ccccc2C(C)C)S(C)(=O)=O)c1. The normalized spacial score (nSPS) is 11.3. The molecule has 0 fully saturated rings. The molecule has 0 heterocycles. The lowest BCUT2D eigenvalue weighted by Crippen LogP contribution is -2.33. The number of nitrogens with one attached hydrogen (secondary N) is 1. The van der Waals surface area contributed by atoms with E-state index in [9.17, 15) is 13.2 Å². The average molecular weight is 391 g/mol. The maximum atomic E-state index is 12.4. The molecule has 0 bridgehead atoms. The van der Waals surface area contributed by atoms with Crippen molar-refractivity contribution >= 4 is 27.3 Å². The summed E-state index contributed by atoms with van der Waals surface area (Å²) in [5, 5.41) is 2.89. The number of anilines is 2. The Morgan fingerprint density at radius 1 is 1.15 bits per heavy atom. The Labute approximate surface area is 161 Å². The molecule has 2 aromatic rings. The van der Waals surface area contributed by atoms with Gasteiger partial charge in [0, 0.05) is 24.7 Å². The first-order chi connectivity index (χ1) is 12.7. The van der Waals surface area contributed by atoms with Crippen molar-refractivity contribution in [2.24, 2.45) is 0 Å². The van der Waals surface area contributed by atoms with E-state index in [2.05, 4.69) is 19.2 Å². The van der Waals surface area contributed by atoms with Gasteiger partial charge in [-0.05, 0) is 29.7 Å². The molecule has 0 aliphatic rings. The van der Waals surface area contributed by atoms with Gasteiger partial charge < -0.3 is 10.1 Å². The summed E-state index contributed by atoms with van der Waals surface area (Å²) in [6.07, 6.45) is 1.16. The topological polar surface area (TPSA) is 75.7 Å². The van der Waals surface area contributed by atoms with Crippen molar-refractivity contribution in [1.29, 1.82) is 0 Å². The predicted molar refractivity (Wildman–Crippen MR) is 109 cm³/mol. The lowest BCUT2D eigenvalue weighted by atomic mass is 10.0. The van der Waals surface area contributed by atoms with E-state index in [-0.39, 0.29) is 24.8 Å². The second-order valence-electron chi connectivity index (χ2n) is 6.58. The van der Waals surface area contributed by atoms with Crippen LogP contribution >= 0.6 is 0 Å². The van der Waals surface area contributed by atoms with Gasteiger partial charge in [0.2, 0.25) is 15.9 Å². The molecule has 1 amide bonds. The summed E-state index contributed by atoms with van der Waals surface area (Å²) in [4.78, 5) is 12.4. The van der Waals surface area contributed by atoms with Crippen LogP contribution in [0.3, 0.4) is 0 Å². The van der Waals surface area contributed by atoms with Crippen LogP contribution in [-0.2, 0) is 14.8 Å². The van der Waals surface area contributed by atoms with Crippen LogP contribution in [0.5, 0.6) is 5.75 Å². The lowest BCUT2D eigenvalue weighted by Gasteiger charge is -2.23. The maximum absolute atomic E-state index is 12.4. The van der Waals surface area contributed by atoms with Crippen LogP contribution in [0.1, 0.15) is 31.7 Å². The molecule has 0 aliphatic heterocycles. The highest BCUT2D eigenvalue weighted by atomic mass is 32.2. The molecule has 0 saturated carbocycles.